The largest absolute Gasteiger partial charge is 0.320 e. The molecular weight excluding hydrogens is 276 g/mol. The van der Waals surface area contributed by atoms with Gasteiger partial charge in [-0.05, 0) is 42.7 Å². The van der Waals surface area contributed by atoms with Crippen LogP contribution in [-0.2, 0) is 0 Å². The maximum absolute atomic E-state index is 11.1. The molecule has 20 heavy (non-hydrogen) atoms. The maximum Gasteiger partial charge on any atom is 0.272 e. The number of benzene rings is 2. The van der Waals surface area contributed by atoms with Crippen LogP contribution in [-0.4, -0.2) is 4.92 Å². The Hall–Kier alpha value is -1.91. The number of hydrogen-bond acceptors (Lipinski definition) is 3. The van der Waals surface area contributed by atoms with Crippen molar-refractivity contribution in [2.75, 3.05) is 0 Å². The summed E-state index contributed by atoms with van der Waals surface area (Å²) < 4.78 is 0. The molecule has 0 fully saturated rings. The molecule has 0 heterocycles. The smallest absolute Gasteiger partial charge is 0.272 e. The normalized spacial score (nSPS) is 12.2. The number of hydrogen-bond donors (Lipinski definition) is 1. The van der Waals surface area contributed by atoms with Crippen molar-refractivity contribution in [3.63, 3.8) is 0 Å². The van der Waals surface area contributed by atoms with E-state index in [1.54, 1.807) is 25.1 Å². The molecule has 1 unspecified atom stereocenters. The van der Waals surface area contributed by atoms with Gasteiger partial charge in [0.05, 0.1) is 11.0 Å². The van der Waals surface area contributed by atoms with Crippen LogP contribution in [0.25, 0.3) is 0 Å². The van der Waals surface area contributed by atoms with Crippen molar-refractivity contribution < 1.29 is 4.92 Å². The predicted octanol–water partition coefficient (Wildman–Crippen LogP) is 3.91. The molecule has 0 saturated carbocycles. The molecule has 0 bridgehead atoms. The van der Waals surface area contributed by atoms with Crippen molar-refractivity contribution in [2.45, 2.75) is 19.9 Å². The zero-order valence-corrected chi connectivity index (χ0v) is 12.0. The topological polar surface area (TPSA) is 69.2 Å². The number of nitro benzene ring substituents is 1. The molecule has 2 aromatic rings. The van der Waals surface area contributed by atoms with E-state index >= 15 is 0 Å². The van der Waals surface area contributed by atoms with E-state index in [-0.39, 0.29) is 10.6 Å². The zero-order valence-electron chi connectivity index (χ0n) is 11.3. The van der Waals surface area contributed by atoms with Gasteiger partial charge in [0.2, 0.25) is 0 Å². The van der Waals surface area contributed by atoms with Gasteiger partial charge < -0.3 is 5.73 Å². The summed E-state index contributed by atoms with van der Waals surface area (Å²) in [7, 11) is 0. The van der Waals surface area contributed by atoms with Gasteiger partial charge in [-0.25, -0.2) is 0 Å². The Morgan fingerprint density at radius 2 is 1.75 bits per heavy atom. The number of nitro groups is 1. The summed E-state index contributed by atoms with van der Waals surface area (Å²) in [5, 5.41) is 11.7. The first-order valence-electron chi connectivity index (χ1n) is 6.16. The van der Waals surface area contributed by atoms with Gasteiger partial charge in [0.1, 0.15) is 0 Å². The van der Waals surface area contributed by atoms with Crippen LogP contribution in [0.1, 0.15) is 28.3 Å². The molecule has 2 rings (SSSR count). The summed E-state index contributed by atoms with van der Waals surface area (Å²) in [5.41, 5.74) is 9.41. The molecule has 5 heteroatoms. The van der Waals surface area contributed by atoms with E-state index in [0.29, 0.717) is 10.6 Å². The Kier molecular flexibility index (Phi) is 4.06. The highest BCUT2D eigenvalue weighted by Crippen LogP contribution is 2.29. The predicted molar refractivity (Wildman–Crippen MR) is 80.1 cm³/mol. The molecule has 0 amide bonds. The van der Waals surface area contributed by atoms with E-state index in [4.69, 9.17) is 17.3 Å². The lowest BCUT2D eigenvalue weighted by atomic mass is 9.95. The van der Waals surface area contributed by atoms with Gasteiger partial charge in [0.15, 0.2) is 0 Å². The van der Waals surface area contributed by atoms with E-state index < -0.39 is 6.04 Å². The third-order valence-corrected chi connectivity index (χ3v) is 3.70. The number of halogens is 1. The number of nitrogens with zero attached hydrogens (tertiary/aromatic N) is 1. The van der Waals surface area contributed by atoms with Crippen LogP contribution >= 0.6 is 11.6 Å². The van der Waals surface area contributed by atoms with E-state index in [0.717, 1.165) is 16.7 Å². The van der Waals surface area contributed by atoms with Crippen LogP contribution in [0.4, 0.5) is 5.69 Å². The molecule has 0 saturated heterocycles. The summed E-state index contributed by atoms with van der Waals surface area (Å²) in [4.78, 5) is 10.7. The van der Waals surface area contributed by atoms with Crippen LogP contribution in [0.5, 0.6) is 0 Å². The van der Waals surface area contributed by atoms with Gasteiger partial charge in [0, 0.05) is 16.7 Å². The summed E-state index contributed by atoms with van der Waals surface area (Å²) in [6.45, 7) is 3.59. The molecule has 0 aliphatic carbocycles. The van der Waals surface area contributed by atoms with Gasteiger partial charge in [-0.2, -0.15) is 0 Å². The van der Waals surface area contributed by atoms with Crippen LogP contribution in [0, 0.1) is 24.0 Å². The van der Waals surface area contributed by atoms with Crippen molar-refractivity contribution in [1.29, 1.82) is 0 Å². The van der Waals surface area contributed by atoms with Gasteiger partial charge in [-0.15, -0.1) is 0 Å². The van der Waals surface area contributed by atoms with Crippen LogP contribution in [0.15, 0.2) is 36.4 Å². The van der Waals surface area contributed by atoms with Crippen LogP contribution < -0.4 is 5.73 Å². The van der Waals surface area contributed by atoms with Crippen molar-refractivity contribution >= 4 is 17.3 Å². The van der Waals surface area contributed by atoms with E-state index in [9.17, 15) is 10.1 Å². The number of aryl methyl sites for hydroxylation is 1. The summed E-state index contributed by atoms with van der Waals surface area (Å²) in [5.74, 6) is 0. The standard InChI is InChI=1S/C15H15ClN2O2/c1-9-7-12(8-14(10(9)2)18(19)20)15(17)11-3-5-13(16)6-4-11/h3-8,15H,17H2,1-2H3. The highest BCUT2D eigenvalue weighted by Gasteiger charge is 2.18. The first kappa shape index (κ1) is 14.5. The highest BCUT2D eigenvalue weighted by atomic mass is 35.5. The number of rotatable bonds is 3. The van der Waals surface area contributed by atoms with Crippen molar-refractivity contribution in [1.82, 2.24) is 0 Å². The average molecular weight is 291 g/mol. The third-order valence-electron chi connectivity index (χ3n) is 3.45. The molecule has 104 valence electrons. The Bertz CT molecular complexity index is 654. The first-order valence-corrected chi connectivity index (χ1v) is 6.54. The second-order valence-corrected chi connectivity index (χ2v) is 5.20. The van der Waals surface area contributed by atoms with Gasteiger partial charge in [-0.3, -0.25) is 10.1 Å². The maximum atomic E-state index is 11.1. The van der Waals surface area contributed by atoms with Crippen molar-refractivity contribution in [3.8, 4) is 0 Å². The molecule has 2 aromatic carbocycles. The zero-order chi connectivity index (χ0) is 14.9. The lowest BCUT2D eigenvalue weighted by Crippen LogP contribution is -2.12. The monoisotopic (exact) mass is 290 g/mol. The fourth-order valence-corrected chi connectivity index (χ4v) is 2.23. The van der Waals surface area contributed by atoms with E-state index in [1.807, 2.05) is 25.1 Å². The Balaban J connectivity index is 2.47. The van der Waals surface area contributed by atoms with Crippen molar-refractivity contribution in [2.24, 2.45) is 5.73 Å². The lowest BCUT2D eigenvalue weighted by Gasteiger charge is -2.14. The minimum atomic E-state index is -0.412. The summed E-state index contributed by atoms with van der Waals surface area (Å²) in [6.07, 6.45) is 0. The summed E-state index contributed by atoms with van der Waals surface area (Å²) >= 11 is 5.85. The van der Waals surface area contributed by atoms with Crippen molar-refractivity contribution in [3.05, 3.63) is 73.8 Å². The second-order valence-electron chi connectivity index (χ2n) is 4.77. The molecule has 1 atom stereocenters. The molecular formula is C15H15ClN2O2. The van der Waals surface area contributed by atoms with Gasteiger partial charge in [0.25, 0.3) is 5.69 Å². The lowest BCUT2D eigenvalue weighted by molar-refractivity contribution is -0.385. The Morgan fingerprint density at radius 1 is 1.15 bits per heavy atom. The first-order chi connectivity index (χ1) is 9.40. The van der Waals surface area contributed by atoms with Crippen LogP contribution in [0.2, 0.25) is 5.02 Å². The number of nitrogens with two attached hydrogens (primary N) is 1. The molecule has 0 radical (unpaired) electrons. The Morgan fingerprint density at radius 3 is 2.30 bits per heavy atom. The van der Waals surface area contributed by atoms with E-state index in [2.05, 4.69) is 0 Å². The minimum absolute atomic E-state index is 0.101. The molecule has 0 spiro atoms. The van der Waals surface area contributed by atoms with Gasteiger partial charge in [-0.1, -0.05) is 29.8 Å². The molecule has 0 aliphatic rings. The molecule has 0 aromatic heterocycles. The van der Waals surface area contributed by atoms with E-state index in [1.165, 1.54) is 0 Å². The fraction of sp³-hybridized carbons (Fsp3) is 0.200. The Labute approximate surface area is 122 Å². The SMILES string of the molecule is Cc1cc(C(N)c2ccc(Cl)cc2)cc([N+](=O)[O-])c1C. The quantitative estimate of drug-likeness (QED) is 0.688. The average Bonchev–Trinajstić information content (AvgIpc) is 2.41. The highest BCUT2D eigenvalue weighted by molar-refractivity contribution is 6.30. The second kappa shape index (κ2) is 5.61. The summed E-state index contributed by atoms with van der Waals surface area (Å²) in [6, 6.07) is 10.2. The minimum Gasteiger partial charge on any atom is -0.320 e. The molecule has 0 aliphatic heterocycles. The third kappa shape index (κ3) is 2.81. The molecule has 4 nitrogen and oxygen atoms in total. The van der Waals surface area contributed by atoms with Crippen LogP contribution in [0.3, 0.4) is 0 Å². The fourth-order valence-electron chi connectivity index (χ4n) is 2.10. The van der Waals surface area contributed by atoms with Gasteiger partial charge >= 0.3 is 0 Å². The molecule has 2 N–H and O–H groups in total.